The van der Waals surface area contributed by atoms with Gasteiger partial charge in [-0.1, -0.05) is 41.5 Å². The molecule has 23 heavy (non-hydrogen) atoms. The zero-order valence-electron chi connectivity index (χ0n) is 14.2. The van der Waals surface area contributed by atoms with E-state index in [-0.39, 0.29) is 11.8 Å². The second-order valence-electron chi connectivity index (χ2n) is 7.95. The van der Waals surface area contributed by atoms with Crippen LogP contribution in [0.15, 0.2) is 0 Å². The molecule has 0 rings (SSSR count). The van der Waals surface area contributed by atoms with Crippen molar-refractivity contribution in [2.45, 2.75) is 60.3 Å². The SMILES string of the molecule is CC(C)(C)CC(C(=O)OCC(C(F)(F)F)C(F)(F)F)C(C)(C)C. The molecule has 0 fully saturated rings. The normalized spacial score (nSPS) is 15.7. The third kappa shape index (κ3) is 7.92. The van der Waals surface area contributed by atoms with Gasteiger partial charge in [0.1, 0.15) is 6.61 Å². The standard InChI is InChI=1S/C15H24F6O2/c1-12(2,3)7-9(13(4,5)6)11(22)23-8-10(14(16,17)18)15(19,20)21/h9-10H,7-8H2,1-6H3. The predicted molar refractivity (Wildman–Crippen MR) is 73.6 cm³/mol. The first-order valence-electron chi connectivity index (χ1n) is 7.16. The van der Waals surface area contributed by atoms with Crippen LogP contribution in [0.2, 0.25) is 0 Å². The minimum Gasteiger partial charge on any atom is -0.464 e. The molecular weight excluding hydrogens is 326 g/mol. The van der Waals surface area contributed by atoms with Gasteiger partial charge in [0.15, 0.2) is 5.92 Å². The second kappa shape index (κ2) is 6.89. The summed E-state index contributed by atoms with van der Waals surface area (Å²) in [6, 6.07) is 0. The van der Waals surface area contributed by atoms with Crippen LogP contribution >= 0.6 is 0 Å². The molecule has 0 saturated heterocycles. The van der Waals surface area contributed by atoms with E-state index in [1.54, 1.807) is 20.8 Å². The maximum atomic E-state index is 12.5. The van der Waals surface area contributed by atoms with Crippen LogP contribution in [0.3, 0.4) is 0 Å². The highest BCUT2D eigenvalue weighted by atomic mass is 19.4. The van der Waals surface area contributed by atoms with Crippen LogP contribution in [0.5, 0.6) is 0 Å². The summed E-state index contributed by atoms with van der Waals surface area (Å²) in [6.07, 6.45) is -10.7. The fraction of sp³-hybridized carbons (Fsp3) is 0.933. The van der Waals surface area contributed by atoms with Gasteiger partial charge in [0.25, 0.3) is 0 Å². The first-order valence-corrected chi connectivity index (χ1v) is 7.16. The Morgan fingerprint density at radius 2 is 1.26 bits per heavy atom. The lowest BCUT2D eigenvalue weighted by Crippen LogP contribution is -2.42. The number of carbonyl (C=O) groups is 1. The van der Waals surface area contributed by atoms with Crippen LogP contribution in [0.1, 0.15) is 48.0 Å². The van der Waals surface area contributed by atoms with Gasteiger partial charge < -0.3 is 4.74 Å². The number of esters is 1. The molecule has 0 radical (unpaired) electrons. The Bertz CT molecular complexity index is 384. The highest BCUT2D eigenvalue weighted by molar-refractivity contribution is 5.73. The second-order valence-corrected chi connectivity index (χ2v) is 7.95. The van der Waals surface area contributed by atoms with Gasteiger partial charge in [-0.2, -0.15) is 26.3 Å². The molecule has 0 amide bonds. The predicted octanol–water partition coefficient (Wildman–Crippen LogP) is 5.37. The fourth-order valence-electron chi connectivity index (χ4n) is 2.00. The van der Waals surface area contributed by atoms with E-state index >= 15 is 0 Å². The van der Waals surface area contributed by atoms with E-state index in [2.05, 4.69) is 4.74 Å². The smallest absolute Gasteiger partial charge is 0.403 e. The molecule has 138 valence electrons. The van der Waals surface area contributed by atoms with Gasteiger partial charge >= 0.3 is 18.3 Å². The van der Waals surface area contributed by atoms with E-state index in [1.807, 2.05) is 20.8 Å². The Labute approximate surface area is 132 Å². The molecule has 0 aromatic rings. The minimum atomic E-state index is -5.51. The van der Waals surface area contributed by atoms with Gasteiger partial charge in [-0.05, 0) is 17.3 Å². The van der Waals surface area contributed by atoms with E-state index in [0.29, 0.717) is 0 Å². The lowest BCUT2D eigenvalue weighted by molar-refractivity contribution is -0.292. The Morgan fingerprint density at radius 3 is 1.52 bits per heavy atom. The number of hydrogen-bond acceptors (Lipinski definition) is 2. The van der Waals surface area contributed by atoms with Gasteiger partial charge in [-0.25, -0.2) is 0 Å². The van der Waals surface area contributed by atoms with Crippen molar-refractivity contribution in [2.75, 3.05) is 6.61 Å². The van der Waals surface area contributed by atoms with Crippen LogP contribution in [-0.4, -0.2) is 24.9 Å². The van der Waals surface area contributed by atoms with Crippen molar-refractivity contribution in [3.05, 3.63) is 0 Å². The molecule has 0 heterocycles. The lowest BCUT2D eigenvalue weighted by Gasteiger charge is -2.34. The van der Waals surface area contributed by atoms with Crippen molar-refractivity contribution in [3.63, 3.8) is 0 Å². The average Bonchev–Trinajstić information content (AvgIpc) is 2.19. The van der Waals surface area contributed by atoms with E-state index in [4.69, 9.17) is 0 Å². The van der Waals surface area contributed by atoms with Gasteiger partial charge in [-0.3, -0.25) is 4.79 Å². The minimum absolute atomic E-state index is 0.290. The molecule has 8 heteroatoms. The number of carbonyl (C=O) groups excluding carboxylic acids is 1. The summed E-state index contributed by atoms with van der Waals surface area (Å²) >= 11 is 0. The third-order valence-corrected chi connectivity index (χ3v) is 3.33. The fourth-order valence-corrected chi connectivity index (χ4v) is 2.00. The molecule has 1 unspecified atom stereocenters. The Kier molecular flexibility index (Phi) is 6.60. The summed E-state index contributed by atoms with van der Waals surface area (Å²) < 4.78 is 79.2. The third-order valence-electron chi connectivity index (χ3n) is 3.33. The molecule has 0 saturated carbocycles. The van der Waals surface area contributed by atoms with E-state index in [9.17, 15) is 31.1 Å². The highest BCUT2D eigenvalue weighted by Gasteiger charge is 2.57. The van der Waals surface area contributed by atoms with Crippen molar-refractivity contribution in [3.8, 4) is 0 Å². The maximum Gasteiger partial charge on any atom is 0.403 e. The summed E-state index contributed by atoms with van der Waals surface area (Å²) in [5, 5.41) is 0. The summed E-state index contributed by atoms with van der Waals surface area (Å²) in [5.74, 6) is -5.51. The highest BCUT2D eigenvalue weighted by Crippen LogP contribution is 2.41. The van der Waals surface area contributed by atoms with E-state index in [0.717, 1.165) is 0 Å². The van der Waals surface area contributed by atoms with Crippen molar-refractivity contribution in [1.29, 1.82) is 0 Å². The average molecular weight is 350 g/mol. The lowest BCUT2D eigenvalue weighted by atomic mass is 9.72. The van der Waals surface area contributed by atoms with Crippen molar-refractivity contribution in [2.24, 2.45) is 22.7 Å². The summed E-state index contributed by atoms with van der Waals surface area (Å²) in [4.78, 5) is 12.1. The van der Waals surface area contributed by atoms with Crippen molar-refractivity contribution >= 4 is 5.97 Å². The Hall–Kier alpha value is -0.950. The van der Waals surface area contributed by atoms with Crippen LogP contribution in [0.4, 0.5) is 26.3 Å². The largest absolute Gasteiger partial charge is 0.464 e. The molecular formula is C15H24F6O2. The topological polar surface area (TPSA) is 26.3 Å². The quantitative estimate of drug-likeness (QED) is 0.503. The molecule has 2 nitrogen and oxygen atoms in total. The molecule has 0 bridgehead atoms. The number of rotatable bonds is 4. The zero-order chi connectivity index (χ0) is 18.9. The molecule has 0 aromatic heterocycles. The molecule has 1 atom stereocenters. The van der Waals surface area contributed by atoms with Crippen LogP contribution < -0.4 is 0 Å². The summed E-state index contributed by atoms with van der Waals surface area (Å²) in [7, 11) is 0. The first kappa shape index (κ1) is 22.1. The molecule has 0 aliphatic heterocycles. The van der Waals surface area contributed by atoms with Crippen LogP contribution in [0, 0.1) is 22.7 Å². The number of ether oxygens (including phenoxy) is 1. The van der Waals surface area contributed by atoms with E-state index in [1.165, 1.54) is 0 Å². The van der Waals surface area contributed by atoms with Gasteiger partial charge in [0.2, 0.25) is 0 Å². The summed E-state index contributed by atoms with van der Waals surface area (Å²) in [5.41, 5.74) is -0.971. The van der Waals surface area contributed by atoms with Gasteiger partial charge in [-0.15, -0.1) is 0 Å². The van der Waals surface area contributed by atoms with E-state index < -0.39 is 42.2 Å². The molecule has 0 spiro atoms. The van der Waals surface area contributed by atoms with Gasteiger partial charge in [0.05, 0.1) is 5.92 Å². The first-order chi connectivity index (χ1) is 9.86. The number of hydrogen-bond donors (Lipinski definition) is 0. The summed E-state index contributed by atoms with van der Waals surface area (Å²) in [6.45, 7) is 8.80. The zero-order valence-corrected chi connectivity index (χ0v) is 14.2. The van der Waals surface area contributed by atoms with Crippen LogP contribution in [-0.2, 0) is 9.53 Å². The molecule has 0 aliphatic rings. The van der Waals surface area contributed by atoms with Crippen molar-refractivity contribution in [1.82, 2.24) is 0 Å². The number of halogens is 6. The van der Waals surface area contributed by atoms with Crippen molar-refractivity contribution < 1.29 is 35.9 Å². The van der Waals surface area contributed by atoms with Gasteiger partial charge in [0, 0.05) is 0 Å². The monoisotopic (exact) mass is 350 g/mol. The number of alkyl halides is 6. The maximum absolute atomic E-state index is 12.5. The van der Waals surface area contributed by atoms with Crippen LogP contribution in [0.25, 0.3) is 0 Å². The Balaban J connectivity index is 5.14. The Morgan fingerprint density at radius 1 is 0.870 bits per heavy atom. The molecule has 0 aliphatic carbocycles. The molecule has 0 N–H and O–H groups in total. The molecule has 0 aromatic carbocycles.